The minimum Gasteiger partial charge on any atom is -0.353 e. The van der Waals surface area contributed by atoms with Gasteiger partial charge in [-0.05, 0) is 51.1 Å². The molecule has 3 heterocycles. The number of aromatic nitrogens is 1. The van der Waals surface area contributed by atoms with Crippen molar-refractivity contribution in [3.05, 3.63) is 57.5 Å². The third kappa shape index (κ3) is 7.28. The minimum atomic E-state index is -4.32. The molecule has 1 aromatic heterocycles. The first kappa shape index (κ1) is 28.9. The maximum Gasteiger partial charge on any atom is 0.390 e. The first-order valence-corrected chi connectivity index (χ1v) is 13.5. The second-order valence-corrected chi connectivity index (χ2v) is 10.6. The quantitative estimate of drug-likeness (QED) is 0.449. The Kier molecular flexibility index (Phi) is 9.39. The number of piperidine rings is 1. The molecule has 2 aromatic rings. The Bertz CT molecular complexity index is 1130. The highest BCUT2D eigenvalue weighted by molar-refractivity contribution is 6.33. The number of carbonyl (C=O) groups excluding carboxylic acids is 1. The first-order valence-electron chi connectivity index (χ1n) is 12.7. The van der Waals surface area contributed by atoms with Crippen LogP contribution in [0.25, 0.3) is 0 Å². The molecule has 208 valence electrons. The van der Waals surface area contributed by atoms with Gasteiger partial charge in [-0.25, -0.2) is 9.37 Å². The van der Waals surface area contributed by atoms with Crippen LogP contribution in [0.15, 0.2) is 30.5 Å². The van der Waals surface area contributed by atoms with E-state index in [1.54, 1.807) is 24.0 Å². The van der Waals surface area contributed by atoms with Gasteiger partial charge in [-0.15, -0.1) is 0 Å². The summed E-state index contributed by atoms with van der Waals surface area (Å²) < 4.78 is 55.0. The molecule has 0 radical (unpaired) electrons. The van der Waals surface area contributed by atoms with E-state index in [1.165, 1.54) is 18.3 Å². The highest BCUT2D eigenvalue weighted by Crippen LogP contribution is 2.33. The maximum absolute atomic E-state index is 14.2. The number of likely N-dealkylation sites (tertiary alicyclic amines) is 1. The lowest BCUT2D eigenvalue weighted by Crippen LogP contribution is -2.59. The fraction of sp³-hybridized carbons (Fsp3) is 0.538. The van der Waals surface area contributed by atoms with Crippen molar-refractivity contribution >= 4 is 34.9 Å². The van der Waals surface area contributed by atoms with Gasteiger partial charge in [-0.1, -0.05) is 29.3 Å². The summed E-state index contributed by atoms with van der Waals surface area (Å²) in [6, 6.07) is 5.36. The fourth-order valence-corrected chi connectivity index (χ4v) is 5.79. The van der Waals surface area contributed by atoms with Gasteiger partial charge >= 0.3 is 6.18 Å². The highest BCUT2D eigenvalue weighted by atomic mass is 35.5. The van der Waals surface area contributed by atoms with Crippen LogP contribution in [0.3, 0.4) is 0 Å². The zero-order valence-electron chi connectivity index (χ0n) is 21.1. The van der Waals surface area contributed by atoms with Crippen molar-refractivity contribution in [3.8, 4) is 0 Å². The Labute approximate surface area is 229 Å². The summed E-state index contributed by atoms with van der Waals surface area (Å²) in [7, 11) is 0. The molecule has 38 heavy (non-hydrogen) atoms. The Morgan fingerprint density at radius 1 is 1.13 bits per heavy atom. The predicted octanol–water partition coefficient (Wildman–Crippen LogP) is 5.38. The molecule has 0 saturated carbocycles. The monoisotopic (exact) mass is 575 g/mol. The summed E-state index contributed by atoms with van der Waals surface area (Å²) >= 11 is 12.3. The molecule has 2 aliphatic rings. The van der Waals surface area contributed by atoms with Crippen molar-refractivity contribution in [2.75, 3.05) is 44.2 Å². The van der Waals surface area contributed by atoms with Crippen molar-refractivity contribution < 1.29 is 22.4 Å². The van der Waals surface area contributed by atoms with E-state index in [0.717, 1.165) is 0 Å². The molecule has 0 bridgehead atoms. The predicted molar refractivity (Wildman–Crippen MR) is 140 cm³/mol. The standard InChI is InChI=1S/C26H31Cl2F4N5O/c1-2-33-25(38)18-11-22(28)24(34-14-18)36-9-10-37(21(16-36)13-26(30,31)32)20-5-7-35(8-6-20)15-17-3-4-19(27)12-23(17)29/h3-4,11-12,14,20-21H,2,5-10,13,15-16H2,1H3,(H,33,38). The largest absolute Gasteiger partial charge is 0.390 e. The van der Waals surface area contributed by atoms with E-state index in [9.17, 15) is 22.4 Å². The molecule has 2 aliphatic heterocycles. The van der Waals surface area contributed by atoms with Crippen molar-refractivity contribution in [2.45, 2.75) is 51.0 Å². The Morgan fingerprint density at radius 2 is 1.87 bits per heavy atom. The maximum atomic E-state index is 14.2. The van der Waals surface area contributed by atoms with E-state index in [4.69, 9.17) is 23.2 Å². The van der Waals surface area contributed by atoms with Crippen LogP contribution in [0.2, 0.25) is 10.0 Å². The van der Waals surface area contributed by atoms with Crippen LogP contribution in [0, 0.1) is 5.82 Å². The number of pyridine rings is 1. The molecular weight excluding hydrogens is 545 g/mol. The van der Waals surface area contributed by atoms with Gasteiger partial charge in [-0.2, -0.15) is 13.2 Å². The molecule has 1 N–H and O–H groups in total. The van der Waals surface area contributed by atoms with Crippen LogP contribution in [-0.4, -0.2) is 78.2 Å². The number of rotatable bonds is 7. The number of halogens is 6. The first-order chi connectivity index (χ1) is 18.0. The molecule has 1 unspecified atom stereocenters. The SMILES string of the molecule is CCNC(=O)c1cnc(N2CCN(C3CCN(Cc4ccc(Cl)cc4F)CC3)C(CC(F)(F)F)C2)c(Cl)c1. The fourth-order valence-electron chi connectivity index (χ4n) is 5.34. The molecule has 2 saturated heterocycles. The van der Waals surface area contributed by atoms with Crippen LogP contribution in [-0.2, 0) is 6.54 Å². The summed E-state index contributed by atoms with van der Waals surface area (Å²) in [5.41, 5.74) is 0.857. The Hall–Kier alpha value is -2.14. The average molecular weight is 576 g/mol. The number of amides is 1. The lowest BCUT2D eigenvalue weighted by molar-refractivity contribution is -0.151. The van der Waals surface area contributed by atoms with Crippen molar-refractivity contribution in [2.24, 2.45) is 0 Å². The van der Waals surface area contributed by atoms with Gasteiger partial charge < -0.3 is 10.2 Å². The van der Waals surface area contributed by atoms with Crippen LogP contribution in [0.1, 0.15) is 42.1 Å². The van der Waals surface area contributed by atoms with Crippen molar-refractivity contribution in [1.82, 2.24) is 20.1 Å². The van der Waals surface area contributed by atoms with Crippen molar-refractivity contribution in [3.63, 3.8) is 0 Å². The van der Waals surface area contributed by atoms with Gasteiger partial charge in [0.2, 0.25) is 0 Å². The molecule has 12 heteroatoms. The van der Waals surface area contributed by atoms with E-state index in [1.807, 2.05) is 4.90 Å². The number of alkyl halides is 3. The third-order valence-corrected chi connectivity index (χ3v) is 7.66. The number of nitrogens with zero attached hydrogens (tertiary/aromatic N) is 4. The van der Waals surface area contributed by atoms with Crippen LogP contribution in [0.5, 0.6) is 0 Å². The van der Waals surface area contributed by atoms with Crippen LogP contribution in [0.4, 0.5) is 23.4 Å². The lowest BCUT2D eigenvalue weighted by atomic mass is 9.97. The van der Waals surface area contributed by atoms with E-state index in [0.29, 0.717) is 74.1 Å². The number of benzene rings is 1. The molecular formula is C26H31Cl2F4N5O. The smallest absolute Gasteiger partial charge is 0.353 e. The third-order valence-electron chi connectivity index (χ3n) is 7.15. The molecule has 4 rings (SSSR count). The van der Waals surface area contributed by atoms with E-state index in [2.05, 4.69) is 15.2 Å². The van der Waals surface area contributed by atoms with E-state index >= 15 is 0 Å². The summed E-state index contributed by atoms with van der Waals surface area (Å²) in [6.07, 6.45) is -2.46. The molecule has 0 aliphatic carbocycles. The topological polar surface area (TPSA) is 51.7 Å². The van der Waals surface area contributed by atoms with Crippen LogP contribution >= 0.6 is 23.2 Å². The number of hydrogen-bond donors (Lipinski definition) is 1. The summed E-state index contributed by atoms with van der Waals surface area (Å²) in [6.45, 7) is 5.06. The molecule has 1 atom stereocenters. The van der Waals surface area contributed by atoms with Crippen LogP contribution < -0.4 is 10.2 Å². The van der Waals surface area contributed by atoms with Gasteiger partial charge in [-0.3, -0.25) is 14.6 Å². The van der Waals surface area contributed by atoms with Gasteiger partial charge in [0.25, 0.3) is 5.91 Å². The number of carbonyl (C=O) groups is 1. The molecule has 0 spiro atoms. The van der Waals surface area contributed by atoms with Gasteiger partial charge in [0, 0.05) is 61.6 Å². The summed E-state index contributed by atoms with van der Waals surface area (Å²) in [5.74, 6) is -0.281. The highest BCUT2D eigenvalue weighted by Gasteiger charge is 2.41. The Morgan fingerprint density at radius 3 is 2.50 bits per heavy atom. The van der Waals surface area contributed by atoms with E-state index in [-0.39, 0.29) is 29.3 Å². The zero-order chi connectivity index (χ0) is 27.4. The average Bonchev–Trinajstić information content (AvgIpc) is 2.85. The summed E-state index contributed by atoms with van der Waals surface area (Å²) in [5, 5.41) is 3.25. The van der Waals surface area contributed by atoms with Gasteiger partial charge in [0.15, 0.2) is 0 Å². The molecule has 1 amide bonds. The lowest BCUT2D eigenvalue weighted by Gasteiger charge is -2.48. The second-order valence-electron chi connectivity index (χ2n) is 9.79. The summed E-state index contributed by atoms with van der Waals surface area (Å²) in [4.78, 5) is 22.3. The number of nitrogens with one attached hydrogen (secondary N) is 1. The number of hydrogen-bond acceptors (Lipinski definition) is 5. The zero-order valence-corrected chi connectivity index (χ0v) is 22.6. The van der Waals surface area contributed by atoms with Gasteiger partial charge in [0.1, 0.15) is 11.6 Å². The molecule has 2 fully saturated rings. The van der Waals surface area contributed by atoms with E-state index < -0.39 is 18.6 Å². The Balaban J connectivity index is 1.42. The van der Waals surface area contributed by atoms with Crippen molar-refractivity contribution in [1.29, 1.82) is 0 Å². The van der Waals surface area contributed by atoms with Gasteiger partial charge in [0.05, 0.1) is 17.0 Å². The molecule has 1 aromatic carbocycles. The number of anilines is 1. The normalized spacial score (nSPS) is 20.1. The second kappa shape index (κ2) is 12.4. The molecule has 6 nitrogen and oxygen atoms in total. The minimum absolute atomic E-state index is 0.000591. The number of piperazine rings is 1.